The standard InChI is InChI=1S/C14H13BrN2O3/c1-8-11-7-9(15)5-6-10(11)14(20)16(8)17-12(18)3-2-4-13(17)19/h5-8H,2-4H2,1H3. The van der Waals surface area contributed by atoms with Crippen LogP contribution in [-0.4, -0.2) is 27.7 Å². The van der Waals surface area contributed by atoms with Crippen molar-refractivity contribution in [3.05, 3.63) is 33.8 Å². The number of fused-ring (bicyclic) bond motifs is 1. The molecule has 2 aliphatic rings. The lowest BCUT2D eigenvalue weighted by atomic mass is 10.1. The zero-order valence-corrected chi connectivity index (χ0v) is 12.5. The Labute approximate surface area is 124 Å². The molecule has 0 N–H and O–H groups in total. The minimum atomic E-state index is -0.319. The van der Waals surface area contributed by atoms with Crippen LogP contribution in [0.5, 0.6) is 0 Å². The number of carbonyl (C=O) groups is 3. The highest BCUT2D eigenvalue weighted by Crippen LogP contribution is 2.37. The maximum Gasteiger partial charge on any atom is 0.273 e. The van der Waals surface area contributed by atoms with Gasteiger partial charge in [0.25, 0.3) is 5.91 Å². The Morgan fingerprint density at radius 3 is 2.45 bits per heavy atom. The molecule has 0 aromatic heterocycles. The summed E-state index contributed by atoms with van der Waals surface area (Å²) >= 11 is 3.37. The van der Waals surface area contributed by atoms with Crippen molar-refractivity contribution in [3.8, 4) is 0 Å². The van der Waals surface area contributed by atoms with Gasteiger partial charge in [-0.05, 0) is 37.1 Å². The molecule has 0 spiro atoms. The van der Waals surface area contributed by atoms with Gasteiger partial charge in [0.2, 0.25) is 11.8 Å². The second kappa shape index (κ2) is 4.70. The average molecular weight is 337 g/mol. The van der Waals surface area contributed by atoms with Gasteiger partial charge in [-0.15, -0.1) is 0 Å². The zero-order valence-electron chi connectivity index (χ0n) is 10.9. The fourth-order valence-corrected chi connectivity index (χ4v) is 3.13. The highest BCUT2D eigenvalue weighted by atomic mass is 79.9. The Kier molecular flexibility index (Phi) is 3.12. The van der Waals surface area contributed by atoms with Gasteiger partial charge in [-0.3, -0.25) is 14.4 Å². The van der Waals surface area contributed by atoms with Crippen LogP contribution in [0.2, 0.25) is 0 Å². The molecule has 0 saturated carbocycles. The van der Waals surface area contributed by atoms with E-state index in [9.17, 15) is 14.4 Å². The van der Waals surface area contributed by atoms with Crippen molar-refractivity contribution >= 4 is 33.7 Å². The summed E-state index contributed by atoms with van der Waals surface area (Å²) in [6.45, 7) is 1.82. The van der Waals surface area contributed by atoms with Crippen LogP contribution >= 0.6 is 15.9 Å². The van der Waals surface area contributed by atoms with Crippen LogP contribution < -0.4 is 0 Å². The smallest absolute Gasteiger partial charge is 0.273 e. The molecule has 2 aliphatic heterocycles. The zero-order chi connectivity index (χ0) is 14.4. The topological polar surface area (TPSA) is 57.7 Å². The van der Waals surface area contributed by atoms with Crippen molar-refractivity contribution in [1.29, 1.82) is 0 Å². The maximum absolute atomic E-state index is 12.5. The second-order valence-corrected chi connectivity index (χ2v) is 5.93. The first-order valence-electron chi connectivity index (χ1n) is 6.49. The third-order valence-electron chi connectivity index (χ3n) is 3.74. The first-order valence-corrected chi connectivity index (χ1v) is 7.28. The molecule has 1 unspecified atom stereocenters. The Balaban J connectivity index is 2.02. The molecule has 0 radical (unpaired) electrons. The summed E-state index contributed by atoms with van der Waals surface area (Å²) < 4.78 is 0.869. The number of carbonyl (C=O) groups excluding carboxylic acids is 3. The first-order chi connectivity index (χ1) is 9.50. The van der Waals surface area contributed by atoms with E-state index in [1.54, 1.807) is 12.1 Å². The predicted molar refractivity (Wildman–Crippen MR) is 74.4 cm³/mol. The van der Waals surface area contributed by atoms with Crippen molar-refractivity contribution in [3.63, 3.8) is 0 Å². The van der Waals surface area contributed by atoms with Gasteiger partial charge in [0, 0.05) is 22.9 Å². The predicted octanol–water partition coefficient (Wildman–Crippen LogP) is 2.42. The molecule has 3 rings (SSSR count). The van der Waals surface area contributed by atoms with E-state index in [1.807, 2.05) is 13.0 Å². The van der Waals surface area contributed by atoms with Crippen molar-refractivity contribution in [1.82, 2.24) is 10.0 Å². The van der Waals surface area contributed by atoms with E-state index >= 15 is 0 Å². The van der Waals surface area contributed by atoms with Crippen LogP contribution in [0.1, 0.15) is 48.1 Å². The summed E-state index contributed by atoms with van der Waals surface area (Å²) in [6.07, 6.45) is 1.17. The number of hydrogen-bond acceptors (Lipinski definition) is 3. The minimum absolute atomic E-state index is 0.288. The Morgan fingerprint density at radius 2 is 1.80 bits per heavy atom. The van der Waals surface area contributed by atoms with Crippen molar-refractivity contribution < 1.29 is 14.4 Å². The van der Waals surface area contributed by atoms with Crippen LogP contribution in [0.3, 0.4) is 0 Å². The lowest BCUT2D eigenvalue weighted by Gasteiger charge is -2.35. The highest BCUT2D eigenvalue weighted by Gasteiger charge is 2.43. The van der Waals surface area contributed by atoms with Gasteiger partial charge in [-0.25, -0.2) is 5.01 Å². The molecule has 0 bridgehead atoms. The van der Waals surface area contributed by atoms with Crippen LogP contribution in [0.25, 0.3) is 0 Å². The van der Waals surface area contributed by atoms with Crippen LogP contribution in [-0.2, 0) is 9.59 Å². The molecule has 1 aromatic rings. The molecule has 1 aromatic carbocycles. The molecule has 1 fully saturated rings. The molecule has 1 saturated heterocycles. The van der Waals surface area contributed by atoms with E-state index in [0.29, 0.717) is 24.8 Å². The minimum Gasteiger partial charge on any atom is -0.273 e. The van der Waals surface area contributed by atoms with Crippen molar-refractivity contribution in [2.45, 2.75) is 32.2 Å². The third kappa shape index (κ3) is 1.86. The number of amides is 3. The van der Waals surface area contributed by atoms with E-state index in [-0.39, 0.29) is 23.8 Å². The number of imide groups is 1. The fraction of sp³-hybridized carbons (Fsp3) is 0.357. The van der Waals surface area contributed by atoms with Gasteiger partial charge >= 0.3 is 0 Å². The lowest BCUT2D eigenvalue weighted by Crippen LogP contribution is -2.53. The summed E-state index contributed by atoms with van der Waals surface area (Å²) in [6, 6.07) is 5.04. The molecule has 0 aliphatic carbocycles. The monoisotopic (exact) mass is 336 g/mol. The molecule has 5 nitrogen and oxygen atoms in total. The van der Waals surface area contributed by atoms with Gasteiger partial charge in [0.05, 0.1) is 6.04 Å². The fourth-order valence-electron chi connectivity index (χ4n) is 2.75. The van der Waals surface area contributed by atoms with Gasteiger partial charge in [0.1, 0.15) is 0 Å². The van der Waals surface area contributed by atoms with E-state index in [4.69, 9.17) is 0 Å². The molecule has 104 valence electrons. The van der Waals surface area contributed by atoms with Crippen LogP contribution in [0.4, 0.5) is 0 Å². The Bertz CT molecular complexity index is 613. The Morgan fingerprint density at radius 1 is 1.15 bits per heavy atom. The number of hydrazine groups is 1. The van der Waals surface area contributed by atoms with E-state index in [1.165, 1.54) is 5.01 Å². The number of rotatable bonds is 1. The van der Waals surface area contributed by atoms with Crippen LogP contribution in [0, 0.1) is 0 Å². The van der Waals surface area contributed by atoms with Crippen molar-refractivity contribution in [2.75, 3.05) is 0 Å². The highest BCUT2D eigenvalue weighted by molar-refractivity contribution is 9.10. The van der Waals surface area contributed by atoms with E-state index < -0.39 is 0 Å². The molecular formula is C14H13BrN2O3. The average Bonchev–Trinajstić information content (AvgIpc) is 2.63. The van der Waals surface area contributed by atoms with Gasteiger partial charge in [0.15, 0.2) is 0 Å². The van der Waals surface area contributed by atoms with Gasteiger partial charge in [-0.1, -0.05) is 15.9 Å². The SMILES string of the molecule is CC1c2cc(Br)ccc2C(=O)N1N1C(=O)CCCC1=O. The molecule has 20 heavy (non-hydrogen) atoms. The largest absolute Gasteiger partial charge is 0.273 e. The van der Waals surface area contributed by atoms with Gasteiger partial charge < -0.3 is 0 Å². The summed E-state index contributed by atoms with van der Waals surface area (Å²) in [5.41, 5.74) is 1.38. The first kappa shape index (κ1) is 13.3. The summed E-state index contributed by atoms with van der Waals surface area (Å²) in [5.74, 6) is -0.884. The van der Waals surface area contributed by atoms with Gasteiger partial charge in [-0.2, -0.15) is 5.01 Å². The summed E-state index contributed by atoms with van der Waals surface area (Å²) in [5, 5.41) is 2.32. The maximum atomic E-state index is 12.5. The third-order valence-corrected chi connectivity index (χ3v) is 4.23. The number of halogens is 1. The number of hydrogen-bond donors (Lipinski definition) is 0. The van der Waals surface area contributed by atoms with Crippen molar-refractivity contribution in [2.24, 2.45) is 0 Å². The molecule has 2 heterocycles. The molecule has 6 heteroatoms. The molecule has 3 amide bonds. The Hall–Kier alpha value is -1.69. The van der Waals surface area contributed by atoms with E-state index in [2.05, 4.69) is 15.9 Å². The molecule has 1 atom stereocenters. The summed E-state index contributed by atoms with van der Waals surface area (Å²) in [4.78, 5) is 36.5. The quantitative estimate of drug-likeness (QED) is 0.740. The molecular weight excluding hydrogens is 324 g/mol. The summed E-state index contributed by atoms with van der Waals surface area (Å²) in [7, 11) is 0. The normalized spacial score (nSPS) is 22.5. The number of piperidine rings is 1. The number of benzene rings is 1. The second-order valence-electron chi connectivity index (χ2n) is 5.01. The van der Waals surface area contributed by atoms with E-state index in [0.717, 1.165) is 15.0 Å². The lowest BCUT2D eigenvalue weighted by molar-refractivity contribution is -0.165. The number of nitrogens with zero attached hydrogens (tertiary/aromatic N) is 2. The van der Waals surface area contributed by atoms with Crippen LogP contribution in [0.15, 0.2) is 22.7 Å².